The number of anilines is 1. The first-order valence-corrected chi connectivity index (χ1v) is 17.6. The van der Waals surface area contributed by atoms with Crippen molar-refractivity contribution in [3.63, 3.8) is 0 Å². The van der Waals surface area contributed by atoms with Crippen LogP contribution in [0.2, 0.25) is 0 Å². The van der Waals surface area contributed by atoms with E-state index in [1.54, 1.807) is 33.5 Å². The molecule has 11 heteroatoms. The molecule has 0 atom stereocenters. The largest absolute Gasteiger partial charge is 0.368 e. The van der Waals surface area contributed by atoms with Gasteiger partial charge in [-0.2, -0.15) is 9.57 Å². The lowest BCUT2D eigenvalue weighted by molar-refractivity contribution is 0.0740. The summed E-state index contributed by atoms with van der Waals surface area (Å²) in [7, 11) is -3.44. The van der Waals surface area contributed by atoms with Crippen molar-refractivity contribution < 1.29 is 18.0 Å². The molecule has 2 aromatic carbocycles. The molecule has 0 aliphatic carbocycles. The molecule has 1 amide bonds. The predicted molar refractivity (Wildman–Crippen MR) is 175 cm³/mol. The maximum Gasteiger partial charge on any atom is 0.272 e. The number of pyridine rings is 1. The van der Waals surface area contributed by atoms with Crippen LogP contribution in [0.5, 0.6) is 0 Å². The summed E-state index contributed by atoms with van der Waals surface area (Å²) in [6, 6.07) is 20.3. The second-order valence-corrected chi connectivity index (χ2v) is 14.4. The number of aromatic nitrogens is 1. The van der Waals surface area contributed by atoms with Crippen molar-refractivity contribution in [3.8, 4) is 6.07 Å². The Morgan fingerprint density at radius 2 is 1.50 bits per heavy atom. The summed E-state index contributed by atoms with van der Waals surface area (Å²) in [6.07, 6.45) is 5.74. The Morgan fingerprint density at radius 1 is 0.826 bits per heavy atom. The van der Waals surface area contributed by atoms with Gasteiger partial charge in [-0.05, 0) is 98.8 Å². The van der Waals surface area contributed by atoms with Crippen LogP contribution in [0.1, 0.15) is 64.1 Å². The zero-order valence-corrected chi connectivity index (χ0v) is 26.9. The smallest absolute Gasteiger partial charge is 0.272 e. The van der Waals surface area contributed by atoms with Gasteiger partial charge in [-0.25, -0.2) is 8.42 Å². The molecule has 0 saturated carbocycles. The molecule has 1 aromatic heterocycles. The van der Waals surface area contributed by atoms with E-state index in [0.29, 0.717) is 73.3 Å². The van der Waals surface area contributed by atoms with Gasteiger partial charge < -0.3 is 9.80 Å². The molecule has 3 aromatic rings. The first kappa shape index (κ1) is 31.9. The Labute approximate surface area is 271 Å². The summed E-state index contributed by atoms with van der Waals surface area (Å²) in [5, 5.41) is 8.99. The number of nitriles is 1. The molecular weight excluding hydrogens is 600 g/mol. The number of hydrogen-bond donors (Lipinski definition) is 0. The number of carbonyl (C=O) groups is 2. The molecule has 3 saturated heterocycles. The number of rotatable bonds is 9. The number of likely N-dealkylation sites (tertiary alicyclic amines) is 1. The second kappa shape index (κ2) is 14.1. The lowest BCUT2D eigenvalue weighted by atomic mass is 9.90. The maximum absolute atomic E-state index is 13.2. The average molecular weight is 641 g/mol. The quantitative estimate of drug-likeness (QED) is 0.320. The van der Waals surface area contributed by atoms with Crippen LogP contribution in [0.15, 0.2) is 71.8 Å². The number of sulfonamides is 1. The minimum atomic E-state index is -3.44. The van der Waals surface area contributed by atoms with E-state index < -0.39 is 10.0 Å². The average Bonchev–Trinajstić information content (AvgIpc) is 3.66. The number of nitrogens with zero attached hydrogens (tertiary/aromatic N) is 6. The normalized spacial score (nSPS) is 18.4. The first-order valence-electron chi connectivity index (χ1n) is 16.2. The van der Waals surface area contributed by atoms with E-state index in [-0.39, 0.29) is 11.7 Å². The van der Waals surface area contributed by atoms with Crippen molar-refractivity contribution in [1.29, 1.82) is 5.26 Å². The van der Waals surface area contributed by atoms with Gasteiger partial charge in [-0.3, -0.25) is 19.5 Å². The second-order valence-electron chi connectivity index (χ2n) is 12.5. The molecule has 3 aliphatic rings. The topological polar surface area (TPSA) is 118 Å². The maximum atomic E-state index is 13.2. The summed E-state index contributed by atoms with van der Waals surface area (Å²) in [5.41, 5.74) is 3.66. The van der Waals surface area contributed by atoms with Gasteiger partial charge in [0.25, 0.3) is 5.91 Å². The van der Waals surface area contributed by atoms with Gasteiger partial charge in [0.1, 0.15) is 5.69 Å². The Kier molecular flexibility index (Phi) is 9.78. The highest BCUT2D eigenvalue weighted by molar-refractivity contribution is 7.89. The van der Waals surface area contributed by atoms with E-state index in [9.17, 15) is 18.0 Å². The van der Waals surface area contributed by atoms with Crippen molar-refractivity contribution in [2.45, 2.75) is 43.5 Å². The fourth-order valence-electron chi connectivity index (χ4n) is 6.59. The van der Waals surface area contributed by atoms with Gasteiger partial charge in [0.2, 0.25) is 10.0 Å². The molecular formula is C35H40N6O4S. The van der Waals surface area contributed by atoms with E-state index in [0.717, 1.165) is 51.0 Å². The number of amides is 1. The number of benzene rings is 2. The molecule has 6 rings (SSSR count). The van der Waals surface area contributed by atoms with Gasteiger partial charge in [0, 0.05) is 69.7 Å². The summed E-state index contributed by atoms with van der Waals surface area (Å²) in [6.45, 7) is 6.19. The molecule has 0 N–H and O–H groups in total. The van der Waals surface area contributed by atoms with Crippen molar-refractivity contribution in [2.75, 3.05) is 57.3 Å². The SMILES string of the molecule is N#Cc1ccc(CN2CCC(CC(=O)c3ccc(C(=O)N4CCN(c5ccc(S(=O)(=O)N6CCCC6)cc5)CC4)nc3)CC2)cc1. The molecule has 0 unspecified atom stereocenters. The highest BCUT2D eigenvalue weighted by atomic mass is 32.2. The molecule has 0 spiro atoms. The fraction of sp³-hybridized carbons (Fsp3) is 0.429. The molecule has 4 heterocycles. The van der Waals surface area contributed by atoms with Crippen molar-refractivity contribution in [3.05, 3.63) is 89.2 Å². The number of hydrogen-bond acceptors (Lipinski definition) is 8. The Bertz CT molecular complexity index is 1660. The Balaban J connectivity index is 0.951. The van der Waals surface area contributed by atoms with Crippen LogP contribution in [-0.2, 0) is 16.6 Å². The van der Waals surface area contributed by atoms with Gasteiger partial charge in [-0.1, -0.05) is 12.1 Å². The Morgan fingerprint density at radius 3 is 2.11 bits per heavy atom. The van der Waals surface area contributed by atoms with Gasteiger partial charge >= 0.3 is 0 Å². The number of Topliss-reactive ketones (excluding diaryl/α,β-unsaturated/α-hetero) is 1. The van der Waals surface area contributed by atoms with Crippen molar-refractivity contribution in [1.82, 2.24) is 19.1 Å². The standard InChI is InChI=1S/C35H40N6O4S/c36-24-28-3-5-29(6-4-28)26-38-17-13-27(14-18-38)23-34(42)30-7-12-33(37-25-30)35(43)40-21-19-39(20-22-40)31-8-10-32(11-9-31)46(44,45)41-15-1-2-16-41/h3-12,25,27H,1-2,13-23,26H2. The van der Waals surface area contributed by atoms with E-state index in [2.05, 4.69) is 20.9 Å². The molecule has 240 valence electrons. The first-order chi connectivity index (χ1) is 22.3. The zero-order chi connectivity index (χ0) is 32.1. The number of carbonyl (C=O) groups excluding carboxylic acids is 2. The minimum absolute atomic E-state index is 0.0601. The number of piperidine rings is 1. The zero-order valence-electron chi connectivity index (χ0n) is 26.1. The Hall–Kier alpha value is -4.11. The molecule has 10 nitrogen and oxygen atoms in total. The van der Waals surface area contributed by atoms with Crippen LogP contribution in [0.3, 0.4) is 0 Å². The van der Waals surface area contributed by atoms with Crippen LogP contribution in [0.25, 0.3) is 0 Å². The lowest BCUT2D eigenvalue weighted by Gasteiger charge is -2.36. The van der Waals surface area contributed by atoms with E-state index >= 15 is 0 Å². The fourth-order valence-corrected chi connectivity index (χ4v) is 8.11. The van der Waals surface area contributed by atoms with Gasteiger partial charge in [0.15, 0.2) is 5.78 Å². The van der Waals surface area contributed by atoms with Crippen LogP contribution < -0.4 is 4.90 Å². The summed E-state index contributed by atoms with van der Waals surface area (Å²) in [5.74, 6) is 0.234. The highest BCUT2D eigenvalue weighted by Crippen LogP contribution is 2.26. The van der Waals surface area contributed by atoms with E-state index in [4.69, 9.17) is 5.26 Å². The monoisotopic (exact) mass is 640 g/mol. The molecule has 0 bridgehead atoms. The third-order valence-electron chi connectivity index (χ3n) is 9.45. The van der Waals surface area contributed by atoms with E-state index in [1.807, 2.05) is 36.4 Å². The summed E-state index contributed by atoms with van der Waals surface area (Å²) in [4.78, 5) is 37.2. The van der Waals surface area contributed by atoms with Crippen LogP contribution in [0, 0.1) is 17.2 Å². The predicted octanol–water partition coefficient (Wildman–Crippen LogP) is 4.19. The van der Waals surface area contributed by atoms with Crippen molar-refractivity contribution >= 4 is 27.4 Å². The highest BCUT2D eigenvalue weighted by Gasteiger charge is 2.28. The molecule has 46 heavy (non-hydrogen) atoms. The van der Waals surface area contributed by atoms with Crippen LogP contribution in [-0.4, -0.2) is 91.6 Å². The minimum Gasteiger partial charge on any atom is -0.368 e. The number of ketones is 1. The molecule has 3 aliphatic heterocycles. The lowest BCUT2D eigenvalue weighted by Crippen LogP contribution is -2.49. The summed E-state index contributed by atoms with van der Waals surface area (Å²) < 4.78 is 27.2. The van der Waals surface area contributed by atoms with E-state index in [1.165, 1.54) is 11.8 Å². The molecule has 0 radical (unpaired) electrons. The van der Waals surface area contributed by atoms with Crippen molar-refractivity contribution in [2.24, 2.45) is 5.92 Å². The number of piperazine rings is 1. The van der Waals surface area contributed by atoms with Gasteiger partial charge in [0.05, 0.1) is 16.5 Å². The molecule has 3 fully saturated rings. The van der Waals surface area contributed by atoms with Crippen LogP contribution in [0.4, 0.5) is 5.69 Å². The summed E-state index contributed by atoms with van der Waals surface area (Å²) >= 11 is 0. The van der Waals surface area contributed by atoms with Crippen LogP contribution >= 0.6 is 0 Å². The third-order valence-corrected chi connectivity index (χ3v) is 11.4. The third kappa shape index (κ3) is 7.30. The van der Waals surface area contributed by atoms with Gasteiger partial charge in [-0.15, -0.1) is 0 Å².